The number of carbonyl (C=O) groups is 1. The maximum absolute atomic E-state index is 12.1. The van der Waals surface area contributed by atoms with Gasteiger partial charge < -0.3 is 14.9 Å². The minimum atomic E-state index is -0.149. The van der Waals surface area contributed by atoms with Crippen LogP contribution in [-0.4, -0.2) is 33.8 Å². The molecule has 6 heteroatoms. The van der Waals surface area contributed by atoms with Crippen LogP contribution < -0.4 is 5.32 Å². The second kappa shape index (κ2) is 6.99. The summed E-state index contributed by atoms with van der Waals surface area (Å²) in [6.07, 6.45) is 1.34. The van der Waals surface area contributed by atoms with Crippen LogP contribution in [0, 0.1) is 6.92 Å². The van der Waals surface area contributed by atoms with Crippen molar-refractivity contribution in [1.29, 1.82) is 0 Å². The minimum Gasteiger partial charge on any atom is -0.396 e. The Kier molecular flexibility index (Phi) is 5.05. The van der Waals surface area contributed by atoms with Gasteiger partial charge in [-0.2, -0.15) is 4.98 Å². The lowest BCUT2D eigenvalue weighted by molar-refractivity contribution is 0.0929. The highest BCUT2D eigenvalue weighted by Crippen LogP contribution is 2.17. The Morgan fingerprint density at radius 3 is 2.62 bits per heavy atom. The number of amides is 1. The molecule has 0 fully saturated rings. The summed E-state index contributed by atoms with van der Waals surface area (Å²) >= 11 is 0. The zero-order valence-electron chi connectivity index (χ0n) is 12.2. The van der Waals surface area contributed by atoms with Crippen molar-refractivity contribution in [2.45, 2.75) is 32.7 Å². The third-order valence-corrected chi connectivity index (χ3v) is 3.23. The molecule has 6 nitrogen and oxygen atoms in total. The summed E-state index contributed by atoms with van der Waals surface area (Å²) in [6, 6.07) is 6.97. The molecule has 0 aliphatic carbocycles. The molecule has 0 saturated carbocycles. The summed E-state index contributed by atoms with van der Waals surface area (Å²) in [5.41, 5.74) is 1.33. The second-order valence-corrected chi connectivity index (χ2v) is 4.82. The van der Waals surface area contributed by atoms with Gasteiger partial charge in [-0.15, -0.1) is 0 Å². The summed E-state index contributed by atoms with van der Waals surface area (Å²) < 4.78 is 5.08. The highest BCUT2D eigenvalue weighted by molar-refractivity contribution is 5.94. The van der Waals surface area contributed by atoms with E-state index in [-0.39, 0.29) is 18.6 Å². The Hall–Kier alpha value is -2.21. The quantitative estimate of drug-likeness (QED) is 0.848. The summed E-state index contributed by atoms with van der Waals surface area (Å²) in [6.45, 7) is 3.79. The number of aliphatic hydroxyl groups is 1. The molecule has 1 atom stereocenters. The van der Waals surface area contributed by atoms with Gasteiger partial charge in [-0.1, -0.05) is 12.1 Å². The third-order valence-electron chi connectivity index (χ3n) is 3.23. The van der Waals surface area contributed by atoms with Crippen LogP contribution in [0.3, 0.4) is 0 Å². The zero-order chi connectivity index (χ0) is 15.2. The number of nitrogens with one attached hydrogen (secondary N) is 1. The van der Waals surface area contributed by atoms with E-state index >= 15 is 0 Å². The van der Waals surface area contributed by atoms with E-state index in [4.69, 9.17) is 9.63 Å². The van der Waals surface area contributed by atoms with E-state index in [9.17, 15) is 4.79 Å². The Bertz CT molecular complexity index is 592. The monoisotopic (exact) mass is 289 g/mol. The van der Waals surface area contributed by atoms with Crippen molar-refractivity contribution in [3.63, 3.8) is 0 Å². The molecule has 1 unspecified atom stereocenters. The van der Waals surface area contributed by atoms with E-state index < -0.39 is 0 Å². The van der Waals surface area contributed by atoms with Crippen LogP contribution in [0.25, 0.3) is 11.5 Å². The van der Waals surface area contributed by atoms with Gasteiger partial charge in [0, 0.05) is 23.8 Å². The Balaban J connectivity index is 2.06. The van der Waals surface area contributed by atoms with Crippen LogP contribution in [0.1, 0.15) is 35.9 Å². The lowest BCUT2D eigenvalue weighted by atomic mass is 10.1. The topological polar surface area (TPSA) is 88.2 Å². The van der Waals surface area contributed by atoms with E-state index in [2.05, 4.69) is 15.5 Å². The average molecular weight is 289 g/mol. The fourth-order valence-corrected chi connectivity index (χ4v) is 1.98. The molecule has 0 aliphatic heterocycles. The molecule has 0 saturated heterocycles. The molecule has 2 N–H and O–H groups in total. The van der Waals surface area contributed by atoms with E-state index in [1.807, 2.05) is 6.92 Å². The number of carbonyl (C=O) groups excluding carboxylic acids is 1. The van der Waals surface area contributed by atoms with Gasteiger partial charge in [-0.25, -0.2) is 0 Å². The number of aryl methyl sites for hydroxylation is 1. The smallest absolute Gasteiger partial charge is 0.257 e. The van der Waals surface area contributed by atoms with E-state index in [1.165, 1.54) is 0 Å². The normalized spacial score (nSPS) is 12.1. The minimum absolute atomic E-state index is 0.0132. The molecule has 1 heterocycles. The SMILES string of the molecule is CCC(CCO)NC(=O)c1ccc(-c2nc(C)no2)cc1. The summed E-state index contributed by atoms with van der Waals surface area (Å²) in [4.78, 5) is 16.2. The molecule has 2 rings (SSSR count). The third kappa shape index (κ3) is 3.88. The Morgan fingerprint density at radius 1 is 1.38 bits per heavy atom. The van der Waals surface area contributed by atoms with Crippen LogP contribution in [0.15, 0.2) is 28.8 Å². The van der Waals surface area contributed by atoms with Crippen molar-refractivity contribution in [2.24, 2.45) is 0 Å². The van der Waals surface area contributed by atoms with E-state index in [0.717, 1.165) is 12.0 Å². The number of aliphatic hydroxyl groups excluding tert-OH is 1. The second-order valence-electron chi connectivity index (χ2n) is 4.82. The predicted octanol–water partition coefficient (Wildman–Crippen LogP) is 1.94. The van der Waals surface area contributed by atoms with Crippen LogP contribution in [0.2, 0.25) is 0 Å². The highest BCUT2D eigenvalue weighted by atomic mass is 16.5. The van der Waals surface area contributed by atoms with Gasteiger partial charge in [0.15, 0.2) is 5.82 Å². The lowest BCUT2D eigenvalue weighted by Gasteiger charge is -2.15. The molecule has 21 heavy (non-hydrogen) atoms. The summed E-state index contributed by atoms with van der Waals surface area (Å²) in [5.74, 6) is 0.858. The summed E-state index contributed by atoms with van der Waals surface area (Å²) in [7, 11) is 0. The summed E-state index contributed by atoms with van der Waals surface area (Å²) in [5, 5.41) is 15.6. The number of hydrogen-bond acceptors (Lipinski definition) is 5. The van der Waals surface area contributed by atoms with Crippen LogP contribution >= 0.6 is 0 Å². The highest BCUT2D eigenvalue weighted by Gasteiger charge is 2.13. The van der Waals surface area contributed by atoms with Crippen molar-refractivity contribution >= 4 is 5.91 Å². The first kappa shape index (κ1) is 15.2. The molecular weight excluding hydrogens is 270 g/mol. The Labute approximate surface area is 123 Å². The first-order valence-corrected chi connectivity index (χ1v) is 6.96. The maximum atomic E-state index is 12.1. The molecule has 1 amide bonds. The Morgan fingerprint density at radius 2 is 2.10 bits per heavy atom. The zero-order valence-corrected chi connectivity index (χ0v) is 12.2. The number of hydrogen-bond donors (Lipinski definition) is 2. The number of rotatable bonds is 6. The molecule has 112 valence electrons. The fraction of sp³-hybridized carbons (Fsp3) is 0.400. The van der Waals surface area contributed by atoms with E-state index in [0.29, 0.717) is 23.7 Å². The molecule has 1 aromatic carbocycles. The van der Waals surface area contributed by atoms with Crippen molar-refractivity contribution in [3.05, 3.63) is 35.7 Å². The van der Waals surface area contributed by atoms with Crippen molar-refractivity contribution in [2.75, 3.05) is 6.61 Å². The molecule has 0 radical (unpaired) electrons. The van der Waals surface area contributed by atoms with Crippen LogP contribution in [0.4, 0.5) is 0 Å². The molecule has 2 aromatic rings. The van der Waals surface area contributed by atoms with E-state index in [1.54, 1.807) is 31.2 Å². The van der Waals surface area contributed by atoms with Crippen molar-refractivity contribution < 1.29 is 14.4 Å². The maximum Gasteiger partial charge on any atom is 0.257 e. The van der Waals surface area contributed by atoms with Gasteiger partial charge in [-0.3, -0.25) is 4.79 Å². The molecule has 0 spiro atoms. The van der Waals surface area contributed by atoms with Gasteiger partial charge >= 0.3 is 0 Å². The number of benzene rings is 1. The molecule has 1 aromatic heterocycles. The van der Waals surface area contributed by atoms with Gasteiger partial charge in [-0.05, 0) is 44.0 Å². The van der Waals surface area contributed by atoms with Gasteiger partial charge in [0.2, 0.25) is 0 Å². The molecular formula is C15H19N3O3. The molecule has 0 aliphatic rings. The van der Waals surface area contributed by atoms with Crippen molar-refractivity contribution in [1.82, 2.24) is 15.5 Å². The largest absolute Gasteiger partial charge is 0.396 e. The van der Waals surface area contributed by atoms with Crippen LogP contribution in [-0.2, 0) is 0 Å². The van der Waals surface area contributed by atoms with Gasteiger partial charge in [0.05, 0.1) is 0 Å². The lowest BCUT2D eigenvalue weighted by Crippen LogP contribution is -2.35. The predicted molar refractivity (Wildman–Crippen MR) is 77.7 cm³/mol. The number of aromatic nitrogens is 2. The first-order valence-electron chi connectivity index (χ1n) is 6.96. The standard InChI is InChI=1S/C15H19N3O3/c1-3-13(8-9-19)17-14(20)11-4-6-12(7-5-11)15-16-10(2)18-21-15/h4-7,13,19H,3,8-9H2,1-2H3,(H,17,20). The van der Waals surface area contributed by atoms with Crippen molar-refractivity contribution in [3.8, 4) is 11.5 Å². The molecule has 0 bridgehead atoms. The van der Waals surface area contributed by atoms with Gasteiger partial charge in [0.25, 0.3) is 11.8 Å². The van der Waals surface area contributed by atoms with Gasteiger partial charge in [0.1, 0.15) is 0 Å². The average Bonchev–Trinajstić information content (AvgIpc) is 2.93. The van der Waals surface area contributed by atoms with Crippen LogP contribution in [0.5, 0.6) is 0 Å². The number of nitrogens with zero attached hydrogens (tertiary/aromatic N) is 2. The fourth-order valence-electron chi connectivity index (χ4n) is 1.98. The first-order chi connectivity index (χ1) is 10.1.